The van der Waals surface area contributed by atoms with Crippen LogP contribution in [0.3, 0.4) is 0 Å². The smallest absolute Gasteiger partial charge is 0.0690 e. The van der Waals surface area contributed by atoms with Crippen molar-refractivity contribution in [2.45, 2.75) is 46.0 Å². The first-order valence-corrected chi connectivity index (χ1v) is 6.98. The van der Waals surface area contributed by atoms with Crippen molar-refractivity contribution in [1.82, 2.24) is 10.3 Å². The number of pyridine rings is 1. The number of nitrogens with zero attached hydrogens (tertiary/aromatic N) is 1. The van der Waals surface area contributed by atoms with Gasteiger partial charge in [-0.2, -0.15) is 0 Å². The van der Waals surface area contributed by atoms with Crippen LogP contribution >= 0.6 is 0 Å². The zero-order valence-electron chi connectivity index (χ0n) is 12.1. The molecular weight excluding hydrogens is 220 g/mol. The Labute approximate surface area is 112 Å². The second-order valence-electron chi connectivity index (χ2n) is 4.83. The van der Waals surface area contributed by atoms with Gasteiger partial charge in [0.2, 0.25) is 0 Å². The SMILES string of the molecule is C=C(CC)c1nc(C)ccc1CCCCCNC. The van der Waals surface area contributed by atoms with Crippen molar-refractivity contribution in [3.63, 3.8) is 0 Å². The van der Waals surface area contributed by atoms with Crippen molar-refractivity contribution < 1.29 is 0 Å². The van der Waals surface area contributed by atoms with E-state index < -0.39 is 0 Å². The lowest BCUT2D eigenvalue weighted by Gasteiger charge is -2.11. The molecule has 0 bridgehead atoms. The molecule has 0 radical (unpaired) electrons. The Balaban J connectivity index is 2.61. The molecule has 0 unspecified atom stereocenters. The maximum absolute atomic E-state index is 4.65. The predicted octanol–water partition coefficient (Wildman–Crippen LogP) is 3.75. The summed E-state index contributed by atoms with van der Waals surface area (Å²) >= 11 is 0. The molecule has 0 saturated carbocycles. The number of aryl methyl sites for hydroxylation is 2. The van der Waals surface area contributed by atoms with Crippen molar-refractivity contribution in [2.75, 3.05) is 13.6 Å². The van der Waals surface area contributed by atoms with E-state index in [9.17, 15) is 0 Å². The summed E-state index contributed by atoms with van der Waals surface area (Å²) in [4.78, 5) is 4.65. The van der Waals surface area contributed by atoms with Gasteiger partial charge in [-0.3, -0.25) is 4.98 Å². The average Bonchev–Trinajstić information content (AvgIpc) is 2.39. The van der Waals surface area contributed by atoms with E-state index in [-0.39, 0.29) is 0 Å². The van der Waals surface area contributed by atoms with Crippen molar-refractivity contribution in [1.29, 1.82) is 0 Å². The van der Waals surface area contributed by atoms with Crippen LogP contribution in [0.2, 0.25) is 0 Å². The van der Waals surface area contributed by atoms with Gasteiger partial charge in [-0.05, 0) is 63.4 Å². The highest BCUT2D eigenvalue weighted by atomic mass is 14.8. The first-order valence-electron chi connectivity index (χ1n) is 6.98. The first-order chi connectivity index (χ1) is 8.69. The zero-order chi connectivity index (χ0) is 13.4. The minimum Gasteiger partial charge on any atom is -0.320 e. The van der Waals surface area contributed by atoms with Crippen LogP contribution in [-0.2, 0) is 6.42 Å². The fraction of sp³-hybridized carbons (Fsp3) is 0.562. The third-order valence-electron chi connectivity index (χ3n) is 3.25. The molecule has 2 nitrogen and oxygen atoms in total. The van der Waals surface area contributed by atoms with Crippen molar-refractivity contribution in [2.24, 2.45) is 0 Å². The van der Waals surface area contributed by atoms with E-state index in [0.717, 1.165) is 36.3 Å². The Morgan fingerprint density at radius 3 is 2.72 bits per heavy atom. The van der Waals surface area contributed by atoms with E-state index >= 15 is 0 Å². The predicted molar refractivity (Wildman–Crippen MR) is 79.8 cm³/mol. The first kappa shape index (κ1) is 14.9. The molecule has 1 aromatic heterocycles. The lowest BCUT2D eigenvalue weighted by Crippen LogP contribution is -2.07. The van der Waals surface area contributed by atoms with Crippen LogP contribution in [0.1, 0.15) is 49.6 Å². The monoisotopic (exact) mass is 246 g/mol. The standard InChI is InChI=1S/C16H26N2/c1-5-13(2)16-15(11-10-14(3)18-16)9-7-6-8-12-17-4/h10-11,17H,2,5-9,12H2,1,3-4H3. The number of allylic oxidation sites excluding steroid dienone is 1. The molecule has 0 aliphatic carbocycles. The number of nitrogens with one attached hydrogen (secondary N) is 1. The van der Waals surface area contributed by atoms with Crippen LogP contribution in [0.15, 0.2) is 18.7 Å². The molecule has 0 amide bonds. The van der Waals surface area contributed by atoms with Crippen LogP contribution in [0.4, 0.5) is 0 Å². The third kappa shape index (κ3) is 4.61. The summed E-state index contributed by atoms with van der Waals surface area (Å²) in [5.41, 5.74) is 4.73. The minimum absolute atomic E-state index is 0.975. The number of aromatic nitrogens is 1. The van der Waals surface area contributed by atoms with E-state index in [2.05, 4.69) is 35.9 Å². The highest BCUT2D eigenvalue weighted by Gasteiger charge is 2.06. The molecule has 2 heteroatoms. The summed E-state index contributed by atoms with van der Waals surface area (Å²) in [6.45, 7) is 9.43. The van der Waals surface area contributed by atoms with Crippen molar-refractivity contribution in [3.8, 4) is 0 Å². The molecule has 1 aromatic rings. The van der Waals surface area contributed by atoms with Gasteiger partial charge >= 0.3 is 0 Å². The Morgan fingerprint density at radius 1 is 1.28 bits per heavy atom. The average molecular weight is 246 g/mol. The topological polar surface area (TPSA) is 24.9 Å². The molecule has 1 rings (SSSR count). The summed E-state index contributed by atoms with van der Waals surface area (Å²) in [5.74, 6) is 0. The Morgan fingerprint density at radius 2 is 2.06 bits per heavy atom. The summed E-state index contributed by atoms with van der Waals surface area (Å²) in [7, 11) is 2.01. The van der Waals surface area contributed by atoms with Gasteiger partial charge in [-0.1, -0.05) is 26.0 Å². The lowest BCUT2D eigenvalue weighted by molar-refractivity contribution is 0.641. The van der Waals surface area contributed by atoms with E-state index in [1.807, 2.05) is 14.0 Å². The lowest BCUT2D eigenvalue weighted by atomic mass is 10.00. The maximum Gasteiger partial charge on any atom is 0.0690 e. The zero-order valence-corrected chi connectivity index (χ0v) is 12.1. The molecule has 0 aromatic carbocycles. The third-order valence-corrected chi connectivity index (χ3v) is 3.25. The summed E-state index contributed by atoms with van der Waals surface area (Å²) < 4.78 is 0. The van der Waals surface area contributed by atoms with Gasteiger partial charge in [0.1, 0.15) is 0 Å². The molecule has 0 fully saturated rings. The van der Waals surface area contributed by atoms with Crippen LogP contribution < -0.4 is 5.32 Å². The molecule has 0 saturated heterocycles. The fourth-order valence-electron chi connectivity index (χ4n) is 2.05. The van der Waals surface area contributed by atoms with Gasteiger partial charge in [0.15, 0.2) is 0 Å². The molecule has 0 atom stereocenters. The van der Waals surface area contributed by atoms with Gasteiger partial charge in [0.05, 0.1) is 5.69 Å². The van der Waals surface area contributed by atoms with Crippen LogP contribution in [-0.4, -0.2) is 18.6 Å². The highest BCUT2D eigenvalue weighted by molar-refractivity contribution is 5.62. The van der Waals surface area contributed by atoms with E-state index in [4.69, 9.17) is 0 Å². The quantitative estimate of drug-likeness (QED) is 0.707. The maximum atomic E-state index is 4.65. The van der Waals surface area contributed by atoms with Crippen LogP contribution in [0.5, 0.6) is 0 Å². The van der Waals surface area contributed by atoms with Crippen LogP contribution in [0, 0.1) is 6.92 Å². The van der Waals surface area contributed by atoms with Gasteiger partial charge < -0.3 is 5.32 Å². The Bertz CT molecular complexity index is 383. The summed E-state index contributed by atoms with van der Waals surface area (Å²) in [6, 6.07) is 4.33. The normalized spacial score (nSPS) is 10.6. The second-order valence-corrected chi connectivity index (χ2v) is 4.83. The fourth-order valence-corrected chi connectivity index (χ4v) is 2.05. The van der Waals surface area contributed by atoms with Crippen LogP contribution in [0.25, 0.3) is 5.57 Å². The molecule has 1 N–H and O–H groups in total. The van der Waals surface area contributed by atoms with E-state index in [1.165, 1.54) is 24.8 Å². The van der Waals surface area contributed by atoms with Gasteiger partial charge in [0, 0.05) is 5.69 Å². The Kier molecular flexibility index (Phi) is 6.66. The number of hydrogen-bond donors (Lipinski definition) is 1. The number of hydrogen-bond acceptors (Lipinski definition) is 2. The molecule has 1 heterocycles. The molecule has 0 aliphatic rings. The molecule has 0 aliphatic heterocycles. The van der Waals surface area contributed by atoms with Gasteiger partial charge in [-0.15, -0.1) is 0 Å². The number of rotatable bonds is 8. The summed E-state index contributed by atoms with van der Waals surface area (Å²) in [6.07, 6.45) is 5.84. The van der Waals surface area contributed by atoms with E-state index in [1.54, 1.807) is 0 Å². The number of unbranched alkanes of at least 4 members (excludes halogenated alkanes) is 2. The molecule has 0 spiro atoms. The largest absolute Gasteiger partial charge is 0.320 e. The van der Waals surface area contributed by atoms with E-state index in [0.29, 0.717) is 0 Å². The Hall–Kier alpha value is -1.15. The van der Waals surface area contributed by atoms with Crippen molar-refractivity contribution >= 4 is 5.57 Å². The highest BCUT2D eigenvalue weighted by Crippen LogP contribution is 2.20. The molecule has 100 valence electrons. The molecule has 18 heavy (non-hydrogen) atoms. The van der Waals surface area contributed by atoms with Gasteiger partial charge in [0.25, 0.3) is 0 Å². The second kappa shape index (κ2) is 8.04. The van der Waals surface area contributed by atoms with Gasteiger partial charge in [-0.25, -0.2) is 0 Å². The molecular formula is C16H26N2. The van der Waals surface area contributed by atoms with Crippen molar-refractivity contribution in [3.05, 3.63) is 35.7 Å². The minimum atomic E-state index is 0.975. The summed E-state index contributed by atoms with van der Waals surface area (Å²) in [5, 5.41) is 3.19.